The predicted octanol–water partition coefficient (Wildman–Crippen LogP) is 2.07. The van der Waals surface area contributed by atoms with Crippen molar-refractivity contribution in [1.29, 1.82) is 0 Å². The number of imide groups is 1. The molecule has 3 rings (SSSR count). The summed E-state index contributed by atoms with van der Waals surface area (Å²) in [6.07, 6.45) is 1.05. The van der Waals surface area contributed by atoms with Gasteiger partial charge < -0.3 is 19.9 Å². The molecule has 1 aliphatic rings. The number of ether oxygens (including phenoxy) is 3. The summed E-state index contributed by atoms with van der Waals surface area (Å²) in [4.78, 5) is 26.8. The van der Waals surface area contributed by atoms with E-state index in [4.69, 9.17) is 19.9 Å². The molecule has 0 radical (unpaired) electrons. The van der Waals surface area contributed by atoms with Gasteiger partial charge in [-0.05, 0) is 36.8 Å². The van der Waals surface area contributed by atoms with Gasteiger partial charge >= 0.3 is 0 Å². The monoisotopic (exact) mass is 448 g/mol. The largest absolute Gasteiger partial charge is 0.495 e. The van der Waals surface area contributed by atoms with Gasteiger partial charge in [0.15, 0.2) is 21.3 Å². The van der Waals surface area contributed by atoms with E-state index < -0.39 is 26.9 Å². The lowest BCUT2D eigenvalue weighted by molar-refractivity contribution is 0.0654. The zero-order valence-corrected chi connectivity index (χ0v) is 18.5. The fourth-order valence-electron chi connectivity index (χ4n) is 3.54. The van der Waals surface area contributed by atoms with Gasteiger partial charge in [0, 0.05) is 6.26 Å². The second kappa shape index (κ2) is 8.46. The van der Waals surface area contributed by atoms with Gasteiger partial charge in [-0.25, -0.2) is 8.42 Å². The third-order valence-electron chi connectivity index (χ3n) is 5.08. The molecule has 1 atom stereocenters. The molecule has 0 bridgehead atoms. The number of sulfone groups is 1. The molecule has 1 aliphatic heterocycles. The summed E-state index contributed by atoms with van der Waals surface area (Å²) < 4.78 is 41.2. The molecule has 2 aromatic rings. The molecule has 31 heavy (non-hydrogen) atoms. The quantitative estimate of drug-likeness (QED) is 0.481. The maximum absolute atomic E-state index is 13.0. The second-order valence-corrected chi connectivity index (χ2v) is 9.21. The fraction of sp³-hybridized carbons (Fsp3) is 0.333. The first-order chi connectivity index (χ1) is 14.6. The van der Waals surface area contributed by atoms with E-state index in [1.54, 1.807) is 25.1 Å². The third kappa shape index (κ3) is 4.02. The number of amides is 2. The minimum Gasteiger partial charge on any atom is -0.495 e. The van der Waals surface area contributed by atoms with Crippen molar-refractivity contribution in [2.24, 2.45) is 0 Å². The van der Waals surface area contributed by atoms with Crippen LogP contribution in [0.3, 0.4) is 0 Å². The van der Waals surface area contributed by atoms with Crippen LogP contribution in [0.5, 0.6) is 17.2 Å². The topological polar surface area (TPSA) is 125 Å². The average Bonchev–Trinajstić information content (AvgIpc) is 2.96. The number of anilines is 1. The minimum absolute atomic E-state index is 0.0151. The standard InChI is InChI=1S/C21H24N2O7S/c1-5-30-16-10-12(6-8-14(16)28-2)17(31(4,26)27)11-23-20(24)13-7-9-15(29-3)19(22)18(13)21(23)25/h6-10,17H,5,11,22H2,1-4H3. The van der Waals surface area contributed by atoms with Gasteiger partial charge in [0.25, 0.3) is 11.8 Å². The van der Waals surface area contributed by atoms with Crippen LogP contribution in [0, 0.1) is 0 Å². The maximum Gasteiger partial charge on any atom is 0.263 e. The van der Waals surface area contributed by atoms with Gasteiger partial charge in [-0.15, -0.1) is 0 Å². The molecule has 2 aromatic carbocycles. The lowest BCUT2D eigenvalue weighted by Gasteiger charge is -2.22. The third-order valence-corrected chi connectivity index (χ3v) is 6.54. The highest BCUT2D eigenvalue weighted by atomic mass is 32.2. The zero-order chi connectivity index (χ0) is 22.9. The maximum atomic E-state index is 13.0. The number of methoxy groups -OCH3 is 2. The Morgan fingerprint density at radius 1 is 1.00 bits per heavy atom. The number of hydrogen-bond acceptors (Lipinski definition) is 8. The van der Waals surface area contributed by atoms with Crippen LogP contribution in [0.4, 0.5) is 5.69 Å². The van der Waals surface area contributed by atoms with Crippen molar-refractivity contribution in [3.05, 3.63) is 47.0 Å². The first-order valence-corrected chi connectivity index (χ1v) is 11.4. The number of rotatable bonds is 8. The molecule has 0 saturated heterocycles. The molecule has 0 aromatic heterocycles. The number of nitrogens with zero attached hydrogens (tertiary/aromatic N) is 1. The van der Waals surface area contributed by atoms with Gasteiger partial charge in [-0.1, -0.05) is 6.07 Å². The summed E-state index contributed by atoms with van der Waals surface area (Å²) in [5, 5.41) is -1.16. The van der Waals surface area contributed by atoms with Crippen molar-refractivity contribution < 1.29 is 32.2 Å². The van der Waals surface area contributed by atoms with E-state index in [0.717, 1.165) is 11.2 Å². The number of hydrogen-bond donors (Lipinski definition) is 1. The Kier molecular flexibility index (Phi) is 6.12. The van der Waals surface area contributed by atoms with E-state index in [0.29, 0.717) is 23.7 Å². The van der Waals surface area contributed by atoms with E-state index in [2.05, 4.69) is 0 Å². The van der Waals surface area contributed by atoms with Crippen molar-refractivity contribution in [1.82, 2.24) is 4.90 Å². The van der Waals surface area contributed by atoms with Crippen LogP contribution in [0.25, 0.3) is 0 Å². The van der Waals surface area contributed by atoms with Gasteiger partial charge in [0.05, 0.1) is 44.2 Å². The number of carbonyl (C=O) groups excluding carboxylic acids is 2. The molecular weight excluding hydrogens is 424 g/mol. The number of benzene rings is 2. The first-order valence-electron chi connectivity index (χ1n) is 9.46. The van der Waals surface area contributed by atoms with Gasteiger partial charge in [-0.3, -0.25) is 14.5 Å². The average molecular weight is 448 g/mol. The number of fused-ring (bicyclic) bond motifs is 1. The van der Waals surface area contributed by atoms with E-state index in [9.17, 15) is 18.0 Å². The zero-order valence-electron chi connectivity index (χ0n) is 17.7. The van der Waals surface area contributed by atoms with E-state index in [1.807, 2.05) is 0 Å². The first kappa shape index (κ1) is 22.4. The highest BCUT2D eigenvalue weighted by Crippen LogP contribution is 2.37. The molecule has 1 heterocycles. The van der Waals surface area contributed by atoms with Crippen LogP contribution in [-0.4, -0.2) is 58.8 Å². The molecule has 166 valence electrons. The summed E-state index contributed by atoms with van der Waals surface area (Å²) in [5.41, 5.74) is 6.54. The highest BCUT2D eigenvalue weighted by Gasteiger charge is 2.41. The van der Waals surface area contributed by atoms with Crippen LogP contribution in [-0.2, 0) is 9.84 Å². The number of carbonyl (C=O) groups is 2. The summed E-state index contributed by atoms with van der Waals surface area (Å²) in [5.74, 6) is -0.200. The normalized spacial score (nSPS) is 14.4. The lowest BCUT2D eigenvalue weighted by atomic mass is 10.1. The Morgan fingerprint density at radius 2 is 1.65 bits per heavy atom. The Balaban J connectivity index is 2.02. The molecule has 2 N–H and O–H groups in total. The molecule has 2 amide bonds. The van der Waals surface area contributed by atoms with Crippen LogP contribution in [0.2, 0.25) is 0 Å². The summed E-state index contributed by atoms with van der Waals surface area (Å²) in [6, 6.07) is 7.64. The SMILES string of the molecule is CCOc1cc(C(CN2C(=O)c3ccc(OC)c(N)c3C2=O)S(C)(=O)=O)ccc1OC. The smallest absolute Gasteiger partial charge is 0.263 e. The van der Waals surface area contributed by atoms with Gasteiger partial charge in [-0.2, -0.15) is 0 Å². The second-order valence-electron chi connectivity index (χ2n) is 6.99. The molecule has 0 fully saturated rings. The lowest BCUT2D eigenvalue weighted by Crippen LogP contribution is -2.36. The van der Waals surface area contributed by atoms with Crippen LogP contribution >= 0.6 is 0 Å². The molecule has 10 heteroatoms. The van der Waals surface area contributed by atoms with Crippen LogP contribution in [0.15, 0.2) is 30.3 Å². The summed E-state index contributed by atoms with van der Waals surface area (Å²) in [7, 11) is -0.838. The minimum atomic E-state index is -3.71. The van der Waals surface area contributed by atoms with E-state index >= 15 is 0 Å². The molecule has 0 saturated carbocycles. The fourth-order valence-corrected chi connectivity index (χ4v) is 4.60. The van der Waals surface area contributed by atoms with E-state index in [1.165, 1.54) is 26.4 Å². The Hall–Kier alpha value is -3.27. The summed E-state index contributed by atoms with van der Waals surface area (Å²) >= 11 is 0. The Bertz CT molecular complexity index is 1140. The van der Waals surface area contributed by atoms with Crippen molar-refractivity contribution in [2.45, 2.75) is 12.2 Å². The number of nitrogens with two attached hydrogens (primary N) is 1. The molecule has 1 unspecified atom stereocenters. The molecular formula is C21H24N2O7S. The van der Waals surface area contributed by atoms with E-state index in [-0.39, 0.29) is 29.1 Å². The highest BCUT2D eigenvalue weighted by molar-refractivity contribution is 7.91. The molecule has 9 nitrogen and oxygen atoms in total. The molecule has 0 aliphatic carbocycles. The Morgan fingerprint density at radius 3 is 2.23 bits per heavy atom. The predicted molar refractivity (Wildman–Crippen MR) is 115 cm³/mol. The van der Waals surface area contributed by atoms with Crippen molar-refractivity contribution in [3.8, 4) is 17.2 Å². The summed E-state index contributed by atoms with van der Waals surface area (Å²) in [6.45, 7) is 1.77. The van der Waals surface area contributed by atoms with Gasteiger partial charge in [0.1, 0.15) is 11.0 Å². The number of nitrogen functional groups attached to an aromatic ring is 1. The van der Waals surface area contributed by atoms with Crippen molar-refractivity contribution in [3.63, 3.8) is 0 Å². The Labute approximate surface area is 180 Å². The van der Waals surface area contributed by atoms with Crippen molar-refractivity contribution in [2.75, 3.05) is 39.4 Å². The van der Waals surface area contributed by atoms with Crippen molar-refractivity contribution >= 4 is 27.3 Å². The van der Waals surface area contributed by atoms with Gasteiger partial charge in [0.2, 0.25) is 0 Å². The van der Waals surface area contributed by atoms with Crippen LogP contribution < -0.4 is 19.9 Å². The van der Waals surface area contributed by atoms with Crippen LogP contribution in [0.1, 0.15) is 38.5 Å². The molecule has 0 spiro atoms.